The van der Waals surface area contributed by atoms with E-state index in [9.17, 15) is 0 Å². The van der Waals surface area contributed by atoms with Crippen molar-refractivity contribution in [3.05, 3.63) is 308 Å². The molecule has 0 fully saturated rings. The quantitative estimate of drug-likeness (QED) is 0.149. The van der Waals surface area contributed by atoms with Crippen LogP contribution in [0.3, 0.4) is 0 Å². The lowest BCUT2D eigenvalue weighted by Crippen LogP contribution is -2.05. The van der Waals surface area contributed by atoms with Gasteiger partial charge in [-0.2, -0.15) is 0 Å². The van der Waals surface area contributed by atoms with Crippen molar-refractivity contribution >= 4 is 126 Å². The van der Waals surface area contributed by atoms with Crippen molar-refractivity contribution in [2.45, 2.75) is 19.4 Å². The van der Waals surface area contributed by atoms with Gasteiger partial charge >= 0.3 is 0 Å². The van der Waals surface area contributed by atoms with E-state index in [2.05, 4.69) is 325 Å². The molecule has 1 aliphatic rings. The largest absolute Gasteiger partial charge is 0.336 e. The van der Waals surface area contributed by atoms with Gasteiger partial charge in [-0.3, -0.25) is 9.13 Å². The summed E-state index contributed by atoms with van der Waals surface area (Å²) in [6.45, 7) is 0.698. The summed E-state index contributed by atoms with van der Waals surface area (Å²) < 4.78 is 14.7. The molecule has 0 bridgehead atoms. The first-order valence-electron chi connectivity index (χ1n) is 31.6. The molecule has 12 aromatic carbocycles. The molecule has 19 aromatic rings. The van der Waals surface area contributed by atoms with Gasteiger partial charge in [-0.25, -0.2) is 4.98 Å². The lowest BCUT2D eigenvalue weighted by molar-refractivity contribution is 0.869. The van der Waals surface area contributed by atoms with Crippen LogP contribution in [0.25, 0.3) is 166 Å². The third-order valence-corrected chi connectivity index (χ3v) is 19.7. The van der Waals surface area contributed by atoms with Crippen LogP contribution in [0.2, 0.25) is 0 Å². The van der Waals surface area contributed by atoms with Gasteiger partial charge in [0.2, 0.25) is 0 Å². The Kier molecular flexibility index (Phi) is 10.6. The van der Waals surface area contributed by atoms with Crippen molar-refractivity contribution in [3.63, 3.8) is 0 Å². The second-order valence-electron chi connectivity index (χ2n) is 24.6. The molecule has 0 spiro atoms. The van der Waals surface area contributed by atoms with Crippen molar-refractivity contribution < 1.29 is 0 Å². The zero-order valence-corrected chi connectivity index (χ0v) is 49.5. The highest BCUT2D eigenvalue weighted by Crippen LogP contribution is 2.45. The third-order valence-electron chi connectivity index (χ3n) is 19.7. The first kappa shape index (κ1) is 50.1. The molecule has 7 nitrogen and oxygen atoms in total. The maximum atomic E-state index is 5.96. The van der Waals surface area contributed by atoms with Crippen LogP contribution in [-0.4, -0.2) is 32.4 Å². The van der Waals surface area contributed by atoms with Crippen LogP contribution in [0.15, 0.2) is 291 Å². The molecule has 7 heterocycles. The second-order valence-corrected chi connectivity index (χ2v) is 24.6. The molecule has 91 heavy (non-hydrogen) atoms. The van der Waals surface area contributed by atoms with Crippen molar-refractivity contribution in [1.82, 2.24) is 32.4 Å². The number of hydrogen-bond donors (Lipinski definition) is 0. The van der Waals surface area contributed by atoms with Gasteiger partial charge in [-0.15, -0.1) is 0 Å². The summed E-state index contributed by atoms with van der Waals surface area (Å²) in [5.41, 5.74) is 22.3. The number of para-hydroxylation sites is 8. The van der Waals surface area contributed by atoms with E-state index in [0.717, 1.165) is 80.2 Å². The van der Waals surface area contributed by atoms with Gasteiger partial charge in [0.25, 0.3) is 0 Å². The number of allylic oxidation sites excluding steroid dienone is 1. The van der Waals surface area contributed by atoms with Crippen LogP contribution in [-0.2, 0) is 13.0 Å². The molecule has 20 rings (SSSR count). The lowest BCUT2D eigenvalue weighted by atomic mass is 10.00. The summed E-state index contributed by atoms with van der Waals surface area (Å²) in [7, 11) is 0. The molecule has 0 unspecified atom stereocenters. The smallest absolute Gasteiger partial charge is 0.140 e. The van der Waals surface area contributed by atoms with E-state index in [0.29, 0.717) is 6.54 Å². The Labute approximate surface area is 522 Å². The first-order chi connectivity index (χ1) is 45.1. The van der Waals surface area contributed by atoms with E-state index in [1.165, 1.54) is 109 Å². The van der Waals surface area contributed by atoms with Crippen molar-refractivity contribution in [2.24, 2.45) is 0 Å². The number of rotatable bonds is 8. The fraction of sp³-hybridized carbons (Fsp3) is 0.0357. The fourth-order valence-corrected chi connectivity index (χ4v) is 15.7. The number of fused-ring (bicyclic) bond motifs is 18. The summed E-state index contributed by atoms with van der Waals surface area (Å²) in [5.74, 6) is 1.69. The van der Waals surface area contributed by atoms with E-state index in [1.54, 1.807) is 0 Å². The fourth-order valence-electron chi connectivity index (χ4n) is 15.7. The van der Waals surface area contributed by atoms with Crippen molar-refractivity contribution in [2.75, 3.05) is 0 Å². The van der Waals surface area contributed by atoms with Crippen LogP contribution in [0.5, 0.6) is 0 Å². The normalized spacial score (nSPS) is 12.7. The predicted molar refractivity (Wildman–Crippen MR) is 380 cm³/mol. The molecule has 7 heteroatoms. The molecule has 7 aromatic heterocycles. The number of aromatic nitrogens is 7. The van der Waals surface area contributed by atoms with Crippen molar-refractivity contribution in [1.29, 1.82) is 0 Å². The highest BCUT2D eigenvalue weighted by Gasteiger charge is 2.26. The molecule has 426 valence electrons. The van der Waals surface area contributed by atoms with E-state index in [4.69, 9.17) is 4.98 Å². The maximum absolute atomic E-state index is 5.96. The summed E-state index contributed by atoms with van der Waals surface area (Å²) >= 11 is 0. The number of hydrogen-bond acceptors (Lipinski definition) is 1. The molecule has 0 amide bonds. The zero-order chi connectivity index (χ0) is 59.4. The van der Waals surface area contributed by atoms with Gasteiger partial charge in [0, 0.05) is 94.1 Å². The summed E-state index contributed by atoms with van der Waals surface area (Å²) in [6, 6.07) is 105. The van der Waals surface area contributed by atoms with Gasteiger partial charge in [0.15, 0.2) is 0 Å². The Morgan fingerprint density at radius 1 is 0.275 bits per heavy atom. The maximum Gasteiger partial charge on any atom is 0.140 e. The van der Waals surface area contributed by atoms with E-state index < -0.39 is 0 Å². The minimum Gasteiger partial charge on any atom is -0.336 e. The number of nitrogens with zero attached hydrogens (tertiary/aromatic N) is 7. The Balaban J connectivity index is 0.814. The average Bonchev–Trinajstić information content (AvgIpc) is 1.58. The van der Waals surface area contributed by atoms with Crippen LogP contribution >= 0.6 is 0 Å². The molecule has 0 saturated carbocycles. The first-order valence-corrected chi connectivity index (χ1v) is 31.6. The number of aryl methyl sites for hydroxylation is 1. The summed E-state index contributed by atoms with van der Waals surface area (Å²) in [4.78, 5) is 5.96. The SMILES string of the molecule is C1=Cc2c(c3cc4c5ccccc5n(-c5cc(-c6ccc(Cn7c8ccccc8c8cc9c%10ccccc%10n(-c%10ccccc%10)c9cc87)cc6)cc(-n6c7ccccc7c7cc8c9ccccc9n(-c9ccccc9)c8cc76)n5)c4cc3n2-c2ccccc2)CC1. The van der Waals surface area contributed by atoms with E-state index in [-0.39, 0.29) is 0 Å². The van der Waals surface area contributed by atoms with Crippen LogP contribution in [0.1, 0.15) is 23.2 Å². The lowest BCUT2D eigenvalue weighted by Gasteiger charge is -2.16. The topological polar surface area (TPSA) is 42.5 Å². The number of benzene rings is 12. The molecule has 1 aliphatic carbocycles. The molecular formula is C84H55N7. The Bertz CT molecular complexity index is 6260. The third kappa shape index (κ3) is 7.34. The highest BCUT2D eigenvalue weighted by molar-refractivity contribution is 6.21. The Morgan fingerprint density at radius 3 is 1.14 bits per heavy atom. The minimum absolute atomic E-state index is 0.698. The predicted octanol–water partition coefficient (Wildman–Crippen LogP) is 21.2. The standard InChI is InChI=1S/C84H55N7/c1-4-22-56(23-5-1)87-72-35-17-11-29-60(72)66-46-65-59-28-10-16-34-71(59)86(77(65)49-78(66)87)52-53-40-42-54(43-41-53)55-44-83(90-75-38-20-14-32-63(75)69-47-67-61-30-12-18-36-73(61)88(79(67)50-81(69)90)57-24-6-2-7-25-57)85-84(45-55)91-76-39-21-15-33-64(76)70-48-68-62-31-13-19-37-74(62)89(80(68)51-82(70)91)58-26-8-3-9-27-58/h1-12,14-30,32-51H,13,31,52H2. The van der Waals surface area contributed by atoms with Gasteiger partial charge in [-0.05, 0) is 156 Å². The highest BCUT2D eigenvalue weighted by atomic mass is 15.1. The van der Waals surface area contributed by atoms with Gasteiger partial charge in [-0.1, -0.05) is 176 Å². The van der Waals surface area contributed by atoms with Crippen LogP contribution in [0, 0.1) is 0 Å². The van der Waals surface area contributed by atoms with Crippen molar-refractivity contribution in [3.8, 4) is 39.8 Å². The van der Waals surface area contributed by atoms with E-state index in [1.807, 2.05) is 0 Å². The Hall–Kier alpha value is -11.9. The van der Waals surface area contributed by atoms with E-state index >= 15 is 0 Å². The number of pyridine rings is 1. The monoisotopic (exact) mass is 1160 g/mol. The van der Waals surface area contributed by atoms with Gasteiger partial charge in [0.1, 0.15) is 11.6 Å². The molecule has 0 N–H and O–H groups in total. The van der Waals surface area contributed by atoms with Gasteiger partial charge in [0.05, 0.1) is 55.2 Å². The minimum atomic E-state index is 0.698. The zero-order valence-electron chi connectivity index (χ0n) is 49.5. The van der Waals surface area contributed by atoms with Gasteiger partial charge < -0.3 is 18.3 Å². The average molecular weight is 1160 g/mol. The van der Waals surface area contributed by atoms with Crippen LogP contribution in [0.4, 0.5) is 0 Å². The second kappa shape index (κ2) is 19.3. The molecular weight excluding hydrogens is 1110 g/mol. The molecule has 0 aliphatic heterocycles. The van der Waals surface area contributed by atoms with Crippen LogP contribution < -0.4 is 0 Å². The Morgan fingerprint density at radius 2 is 0.648 bits per heavy atom. The summed E-state index contributed by atoms with van der Waals surface area (Å²) in [5, 5.41) is 13.5. The summed E-state index contributed by atoms with van der Waals surface area (Å²) in [6.07, 6.45) is 6.68. The molecule has 0 atom stereocenters. The molecule has 0 saturated heterocycles. The molecule has 0 radical (unpaired) electrons.